The van der Waals surface area contributed by atoms with E-state index in [1.165, 1.54) is 10.4 Å². The van der Waals surface area contributed by atoms with Crippen molar-refractivity contribution in [3.63, 3.8) is 0 Å². The molecule has 2 heterocycles. The lowest BCUT2D eigenvalue weighted by Crippen LogP contribution is -2.30. The van der Waals surface area contributed by atoms with Crippen LogP contribution in [0.3, 0.4) is 0 Å². The summed E-state index contributed by atoms with van der Waals surface area (Å²) in [4.78, 5) is 29.2. The maximum atomic E-state index is 14.1. The Kier molecular flexibility index (Phi) is 12.0. The first-order valence-corrected chi connectivity index (χ1v) is 17.6. The molecule has 0 saturated carbocycles. The fourth-order valence-electron chi connectivity index (χ4n) is 6.19. The number of hydrogen-bond donors (Lipinski definition) is 0. The van der Waals surface area contributed by atoms with Crippen LogP contribution in [-0.2, 0) is 0 Å². The lowest BCUT2D eigenvalue weighted by molar-refractivity contribution is 0.416. The van der Waals surface area contributed by atoms with E-state index in [9.17, 15) is 4.79 Å². The van der Waals surface area contributed by atoms with Crippen molar-refractivity contribution in [2.75, 3.05) is 43.6 Å². The number of ether oxygens (including phenoxy) is 1. The van der Waals surface area contributed by atoms with Gasteiger partial charge in [0.25, 0.3) is 5.56 Å². The van der Waals surface area contributed by atoms with Crippen LogP contribution in [-0.4, -0.2) is 54.9 Å². The molecule has 0 atom stereocenters. The van der Waals surface area contributed by atoms with Gasteiger partial charge < -0.3 is 14.5 Å². The summed E-state index contributed by atoms with van der Waals surface area (Å²) in [6.07, 6.45) is 7.59. The van der Waals surface area contributed by atoms with Gasteiger partial charge in [0, 0.05) is 54.6 Å². The van der Waals surface area contributed by atoms with Crippen molar-refractivity contribution < 1.29 is 4.74 Å². The molecule has 4 rings (SSSR count). The highest BCUT2D eigenvalue weighted by Gasteiger charge is 2.37. The molecular weight excluding hydrogens is 584 g/mol. The highest BCUT2D eigenvalue weighted by Crippen LogP contribution is 2.37. The predicted molar refractivity (Wildman–Crippen MR) is 200 cm³/mol. The number of methoxy groups -OCH3 is 1. The molecule has 2 aromatic carbocycles. The van der Waals surface area contributed by atoms with Crippen LogP contribution in [0, 0.1) is 19.3 Å². The Morgan fingerprint density at radius 2 is 1.60 bits per heavy atom. The molecule has 0 radical (unpaired) electrons. The monoisotopic (exact) mass is 640 g/mol. The minimum Gasteiger partial charge on any atom is -0.496 e. The molecule has 0 unspecified atom stereocenters. The van der Waals surface area contributed by atoms with Gasteiger partial charge in [-0.25, -0.2) is 9.98 Å². The Hall–Kier alpha value is -3.94. The van der Waals surface area contributed by atoms with Crippen molar-refractivity contribution in [3.05, 3.63) is 63.7 Å². The smallest absolute Gasteiger partial charge is 0.278 e. The standard InChI is InChI=1S/C39H56N6O2/c1-11-15-22-39(7,8)36-35(40-32-20-18-30(25-27(32)5)44(14-4)24-17-13-3)37-41-34(28(6)38(46)45(37)42-36)31-26-29(19-21-33(31)47-10)43(9)23-16-12-2/h18-21,25-26H,11-17,22-24H2,1-10H3. The van der Waals surface area contributed by atoms with Gasteiger partial charge in [0.15, 0.2) is 5.82 Å². The van der Waals surface area contributed by atoms with Crippen LogP contribution in [0.2, 0.25) is 0 Å². The number of aliphatic imine (C=N–C) groups is 1. The van der Waals surface area contributed by atoms with E-state index in [0.717, 1.165) is 92.8 Å². The van der Waals surface area contributed by atoms with Gasteiger partial charge in [-0.15, -0.1) is 0 Å². The average Bonchev–Trinajstić information content (AvgIpc) is 3.44. The van der Waals surface area contributed by atoms with Crippen LogP contribution >= 0.6 is 0 Å². The Morgan fingerprint density at radius 1 is 0.915 bits per heavy atom. The minimum absolute atomic E-state index is 0.188. The second-order valence-corrected chi connectivity index (χ2v) is 13.5. The van der Waals surface area contributed by atoms with Gasteiger partial charge in [0.2, 0.25) is 0 Å². The SMILES string of the molecule is CCCCN(C)c1ccc(OC)c(-c2nc3n(c(=O)c2C)N=C(C(C)(C)CCCC)C3=Nc2ccc(N(CC)CCCC)cc2C)c1. The third-order valence-corrected chi connectivity index (χ3v) is 9.39. The fraction of sp³-hybridized carbons (Fsp3) is 0.538. The zero-order valence-electron chi connectivity index (χ0n) is 30.5. The number of nitrogens with zero attached hydrogens (tertiary/aromatic N) is 6. The lowest BCUT2D eigenvalue weighted by atomic mass is 9.80. The molecule has 0 fully saturated rings. The number of rotatable bonds is 16. The molecular formula is C39H56N6O2. The first-order chi connectivity index (χ1) is 22.5. The van der Waals surface area contributed by atoms with E-state index in [0.29, 0.717) is 28.5 Å². The zero-order valence-corrected chi connectivity index (χ0v) is 30.5. The van der Waals surface area contributed by atoms with E-state index < -0.39 is 0 Å². The summed E-state index contributed by atoms with van der Waals surface area (Å²) < 4.78 is 7.29. The number of aryl methyl sites for hydroxylation is 1. The van der Waals surface area contributed by atoms with Crippen molar-refractivity contribution in [3.8, 4) is 17.0 Å². The number of hydrogen-bond acceptors (Lipinski definition) is 7. The van der Waals surface area contributed by atoms with E-state index in [4.69, 9.17) is 19.8 Å². The quantitative estimate of drug-likeness (QED) is 0.156. The molecule has 0 bridgehead atoms. The molecule has 47 heavy (non-hydrogen) atoms. The largest absolute Gasteiger partial charge is 0.496 e. The molecule has 8 heteroatoms. The van der Waals surface area contributed by atoms with Gasteiger partial charge in [-0.1, -0.05) is 60.3 Å². The first kappa shape index (κ1) is 35.9. The highest BCUT2D eigenvalue weighted by atomic mass is 16.5. The summed E-state index contributed by atoms with van der Waals surface area (Å²) in [6, 6.07) is 12.6. The normalized spacial score (nSPS) is 13.6. The van der Waals surface area contributed by atoms with E-state index in [1.807, 2.05) is 13.0 Å². The molecule has 0 spiro atoms. The second-order valence-electron chi connectivity index (χ2n) is 13.5. The topological polar surface area (TPSA) is 75.3 Å². The second kappa shape index (κ2) is 15.8. The first-order valence-electron chi connectivity index (χ1n) is 17.6. The summed E-state index contributed by atoms with van der Waals surface area (Å²) in [5.41, 5.74) is 7.07. The highest BCUT2D eigenvalue weighted by molar-refractivity contribution is 6.50. The molecule has 0 amide bonds. The molecule has 0 N–H and O–H groups in total. The molecule has 0 saturated heterocycles. The minimum atomic E-state index is -0.310. The van der Waals surface area contributed by atoms with Crippen LogP contribution in [0.1, 0.15) is 103 Å². The third kappa shape index (κ3) is 7.79. The summed E-state index contributed by atoms with van der Waals surface area (Å²) in [5, 5.41) is 4.97. The fourth-order valence-corrected chi connectivity index (χ4v) is 6.19. The molecule has 8 nitrogen and oxygen atoms in total. The van der Waals surface area contributed by atoms with Crippen LogP contribution < -0.4 is 20.1 Å². The van der Waals surface area contributed by atoms with E-state index in [2.05, 4.69) is 95.6 Å². The van der Waals surface area contributed by atoms with Gasteiger partial charge in [-0.3, -0.25) is 4.79 Å². The van der Waals surface area contributed by atoms with Crippen molar-refractivity contribution in [2.24, 2.45) is 15.5 Å². The maximum Gasteiger partial charge on any atom is 0.278 e. The molecule has 1 aliphatic rings. The molecule has 1 aliphatic heterocycles. The number of unbranched alkanes of at least 4 members (excludes halogenated alkanes) is 3. The Morgan fingerprint density at radius 3 is 2.23 bits per heavy atom. The van der Waals surface area contributed by atoms with Crippen LogP contribution in [0.25, 0.3) is 11.3 Å². The van der Waals surface area contributed by atoms with Gasteiger partial charge in [0.05, 0.1) is 24.2 Å². The van der Waals surface area contributed by atoms with E-state index in [1.54, 1.807) is 7.11 Å². The van der Waals surface area contributed by atoms with Crippen LogP contribution in [0.5, 0.6) is 5.75 Å². The van der Waals surface area contributed by atoms with Crippen molar-refractivity contribution in [1.82, 2.24) is 9.66 Å². The van der Waals surface area contributed by atoms with Gasteiger partial charge >= 0.3 is 0 Å². The van der Waals surface area contributed by atoms with Crippen molar-refractivity contribution in [2.45, 2.75) is 100 Å². The molecule has 254 valence electrons. The number of fused-ring (bicyclic) bond motifs is 1. The Labute approximate surface area is 282 Å². The van der Waals surface area contributed by atoms with E-state index >= 15 is 0 Å². The maximum absolute atomic E-state index is 14.1. The van der Waals surface area contributed by atoms with Crippen molar-refractivity contribution >= 4 is 28.5 Å². The lowest BCUT2D eigenvalue weighted by Gasteiger charge is -2.25. The number of anilines is 2. The van der Waals surface area contributed by atoms with E-state index in [-0.39, 0.29) is 11.0 Å². The number of aromatic nitrogens is 2. The van der Waals surface area contributed by atoms with Gasteiger partial charge in [0.1, 0.15) is 11.5 Å². The van der Waals surface area contributed by atoms with Crippen LogP contribution in [0.4, 0.5) is 17.1 Å². The van der Waals surface area contributed by atoms with Crippen molar-refractivity contribution in [1.29, 1.82) is 0 Å². The predicted octanol–water partition coefficient (Wildman–Crippen LogP) is 8.95. The molecule has 3 aromatic rings. The Bertz CT molecular complexity index is 1670. The van der Waals surface area contributed by atoms with Crippen LogP contribution in [0.15, 0.2) is 51.3 Å². The third-order valence-electron chi connectivity index (χ3n) is 9.39. The van der Waals surface area contributed by atoms with Gasteiger partial charge in [-0.05, 0) is 82.0 Å². The summed E-state index contributed by atoms with van der Waals surface area (Å²) in [7, 11) is 3.76. The average molecular weight is 641 g/mol. The summed E-state index contributed by atoms with van der Waals surface area (Å²) in [5.74, 6) is 1.15. The summed E-state index contributed by atoms with van der Waals surface area (Å²) >= 11 is 0. The molecule has 1 aromatic heterocycles. The summed E-state index contributed by atoms with van der Waals surface area (Å²) in [6.45, 7) is 20.1. The van der Waals surface area contributed by atoms with Gasteiger partial charge in [-0.2, -0.15) is 9.78 Å². The molecule has 0 aliphatic carbocycles. The number of benzene rings is 2. The Balaban J connectivity index is 1.91. The zero-order chi connectivity index (χ0) is 34.3.